The number of rotatable bonds is 3. The zero-order valence-electron chi connectivity index (χ0n) is 11.9. The third-order valence-electron chi connectivity index (χ3n) is 4.31. The number of hydrogen-bond acceptors (Lipinski definition) is 2. The molecule has 1 aromatic carbocycles. The summed E-state index contributed by atoms with van der Waals surface area (Å²) in [6, 6.07) is 8.36. The predicted octanol–water partition coefficient (Wildman–Crippen LogP) is 4.52. The topological polar surface area (TPSA) is 29.9 Å². The van der Waals surface area contributed by atoms with Gasteiger partial charge in [-0.15, -0.1) is 0 Å². The quantitative estimate of drug-likeness (QED) is 0.900. The van der Waals surface area contributed by atoms with Gasteiger partial charge in [0, 0.05) is 18.4 Å². The summed E-state index contributed by atoms with van der Waals surface area (Å²) < 4.78 is 1.83. The van der Waals surface area contributed by atoms with Crippen LogP contribution in [-0.4, -0.2) is 15.8 Å². The van der Waals surface area contributed by atoms with Crippen molar-refractivity contribution in [1.82, 2.24) is 9.78 Å². The van der Waals surface area contributed by atoms with Gasteiger partial charge in [0.15, 0.2) is 0 Å². The average molecular weight is 290 g/mol. The second kappa shape index (κ2) is 5.13. The smallest absolute Gasteiger partial charge is 0.106 e. The lowest BCUT2D eigenvalue weighted by atomic mass is 9.87. The Hall–Kier alpha value is -1.48. The maximum atomic E-state index is 6.38. The molecule has 1 fully saturated rings. The van der Waals surface area contributed by atoms with Crippen molar-refractivity contribution in [1.29, 1.82) is 0 Å². The van der Waals surface area contributed by atoms with Crippen LogP contribution >= 0.6 is 11.6 Å². The Balaban J connectivity index is 1.96. The van der Waals surface area contributed by atoms with E-state index in [-0.39, 0.29) is 0 Å². The summed E-state index contributed by atoms with van der Waals surface area (Å²) in [6.07, 6.45) is 7.45. The van der Waals surface area contributed by atoms with Crippen LogP contribution in [0, 0.1) is 5.41 Å². The molecule has 1 aliphatic rings. The molecule has 106 valence electrons. The molecular formula is C16H20ClN3. The molecule has 0 radical (unpaired) electrons. The minimum atomic E-state index is 0.323. The Morgan fingerprint density at radius 1 is 1.35 bits per heavy atom. The zero-order chi connectivity index (χ0) is 14.2. The molecule has 0 spiro atoms. The first-order valence-electron chi connectivity index (χ1n) is 7.13. The van der Waals surface area contributed by atoms with E-state index >= 15 is 0 Å². The first-order chi connectivity index (χ1) is 9.58. The maximum Gasteiger partial charge on any atom is 0.106 e. The van der Waals surface area contributed by atoms with Crippen LogP contribution in [0.4, 0.5) is 5.69 Å². The van der Waals surface area contributed by atoms with Crippen molar-refractivity contribution < 1.29 is 0 Å². The van der Waals surface area contributed by atoms with Crippen LogP contribution in [0.15, 0.2) is 36.7 Å². The zero-order valence-corrected chi connectivity index (χ0v) is 12.7. The molecular weight excluding hydrogens is 270 g/mol. The summed E-state index contributed by atoms with van der Waals surface area (Å²) in [5.41, 5.74) is 2.31. The lowest BCUT2D eigenvalue weighted by molar-refractivity contribution is 0.350. The molecule has 20 heavy (non-hydrogen) atoms. The minimum Gasteiger partial charge on any atom is -0.380 e. The molecule has 1 saturated carbocycles. The molecule has 3 nitrogen and oxygen atoms in total. The minimum absolute atomic E-state index is 0.323. The van der Waals surface area contributed by atoms with E-state index in [1.807, 2.05) is 29.1 Å². The van der Waals surface area contributed by atoms with Crippen LogP contribution in [0.25, 0.3) is 5.69 Å². The highest BCUT2D eigenvalue weighted by Gasteiger charge is 2.34. The van der Waals surface area contributed by atoms with Gasteiger partial charge in [-0.3, -0.25) is 0 Å². The molecule has 1 aliphatic carbocycles. The number of nitrogens with one attached hydrogen (secondary N) is 1. The fourth-order valence-corrected chi connectivity index (χ4v) is 3.31. The van der Waals surface area contributed by atoms with Crippen molar-refractivity contribution in [2.45, 2.75) is 39.2 Å². The standard InChI is InChI=1S/C16H20ClN3/c1-16(2)9-4-8-14(16)19-13-7-3-6-12(17)15(13)20-11-5-10-18-20/h3,5-7,10-11,14,19H,4,8-9H2,1-2H3. The monoisotopic (exact) mass is 289 g/mol. The number of para-hydroxylation sites is 1. The molecule has 1 unspecified atom stereocenters. The van der Waals surface area contributed by atoms with Crippen LogP contribution in [-0.2, 0) is 0 Å². The molecule has 4 heteroatoms. The molecule has 1 aromatic heterocycles. The summed E-state index contributed by atoms with van der Waals surface area (Å²) in [5.74, 6) is 0. The van der Waals surface area contributed by atoms with Crippen LogP contribution < -0.4 is 5.32 Å². The van der Waals surface area contributed by atoms with Gasteiger partial charge in [-0.1, -0.05) is 37.9 Å². The second-order valence-corrected chi connectivity index (χ2v) is 6.57. The van der Waals surface area contributed by atoms with E-state index in [1.165, 1.54) is 19.3 Å². The van der Waals surface area contributed by atoms with E-state index in [1.54, 1.807) is 6.20 Å². The van der Waals surface area contributed by atoms with E-state index in [9.17, 15) is 0 Å². The Bertz CT molecular complexity index is 590. The average Bonchev–Trinajstić information content (AvgIpc) is 3.00. The van der Waals surface area contributed by atoms with E-state index in [2.05, 4.69) is 30.3 Å². The van der Waals surface area contributed by atoms with Gasteiger partial charge in [0.1, 0.15) is 5.69 Å². The molecule has 1 N–H and O–H groups in total. The molecule has 2 aromatic rings. The Labute approximate surface area is 124 Å². The summed E-state index contributed by atoms with van der Waals surface area (Å²) in [7, 11) is 0. The summed E-state index contributed by atoms with van der Waals surface area (Å²) >= 11 is 6.38. The second-order valence-electron chi connectivity index (χ2n) is 6.16. The first kappa shape index (κ1) is 13.5. The fraction of sp³-hybridized carbons (Fsp3) is 0.438. The Morgan fingerprint density at radius 3 is 2.85 bits per heavy atom. The van der Waals surface area contributed by atoms with Crippen molar-refractivity contribution >= 4 is 17.3 Å². The largest absolute Gasteiger partial charge is 0.380 e. The highest BCUT2D eigenvalue weighted by molar-refractivity contribution is 6.33. The van der Waals surface area contributed by atoms with E-state index < -0.39 is 0 Å². The number of aromatic nitrogens is 2. The van der Waals surface area contributed by atoms with Crippen molar-refractivity contribution in [3.63, 3.8) is 0 Å². The lowest BCUT2D eigenvalue weighted by Crippen LogP contribution is -2.31. The molecule has 0 aliphatic heterocycles. The van der Waals surface area contributed by atoms with Crippen LogP contribution in [0.1, 0.15) is 33.1 Å². The number of halogens is 1. The van der Waals surface area contributed by atoms with Crippen LogP contribution in [0.2, 0.25) is 5.02 Å². The van der Waals surface area contributed by atoms with Gasteiger partial charge in [-0.25, -0.2) is 4.68 Å². The highest BCUT2D eigenvalue weighted by Crippen LogP contribution is 2.40. The number of hydrogen-bond donors (Lipinski definition) is 1. The van der Waals surface area contributed by atoms with Gasteiger partial charge in [-0.05, 0) is 36.5 Å². The van der Waals surface area contributed by atoms with Gasteiger partial charge >= 0.3 is 0 Å². The normalized spacial score (nSPS) is 21.1. The molecule has 1 atom stereocenters. The number of anilines is 1. The number of benzene rings is 1. The van der Waals surface area contributed by atoms with E-state index in [4.69, 9.17) is 11.6 Å². The molecule has 1 heterocycles. The van der Waals surface area contributed by atoms with Gasteiger partial charge in [0.25, 0.3) is 0 Å². The van der Waals surface area contributed by atoms with Crippen molar-refractivity contribution in [2.24, 2.45) is 5.41 Å². The van der Waals surface area contributed by atoms with E-state index in [0.29, 0.717) is 11.5 Å². The Kier molecular flexibility index (Phi) is 3.47. The molecule has 0 bridgehead atoms. The predicted molar refractivity (Wildman–Crippen MR) is 83.6 cm³/mol. The first-order valence-corrected chi connectivity index (χ1v) is 7.51. The van der Waals surface area contributed by atoms with Gasteiger partial charge < -0.3 is 5.32 Å². The van der Waals surface area contributed by atoms with Crippen molar-refractivity contribution in [3.8, 4) is 5.69 Å². The van der Waals surface area contributed by atoms with Crippen LogP contribution in [0.3, 0.4) is 0 Å². The van der Waals surface area contributed by atoms with Gasteiger partial charge in [0.05, 0.1) is 10.7 Å². The summed E-state index contributed by atoms with van der Waals surface area (Å²) in [5, 5.41) is 8.71. The van der Waals surface area contributed by atoms with E-state index in [0.717, 1.165) is 16.4 Å². The molecule has 0 amide bonds. The molecule has 3 rings (SSSR count). The third-order valence-corrected chi connectivity index (χ3v) is 4.61. The number of nitrogens with zero attached hydrogens (tertiary/aromatic N) is 2. The van der Waals surface area contributed by atoms with Crippen molar-refractivity contribution in [2.75, 3.05) is 5.32 Å². The van der Waals surface area contributed by atoms with Gasteiger partial charge in [-0.2, -0.15) is 5.10 Å². The van der Waals surface area contributed by atoms with Crippen LogP contribution in [0.5, 0.6) is 0 Å². The highest BCUT2D eigenvalue weighted by atomic mass is 35.5. The van der Waals surface area contributed by atoms with Crippen molar-refractivity contribution in [3.05, 3.63) is 41.7 Å². The Morgan fingerprint density at radius 2 is 2.20 bits per heavy atom. The third kappa shape index (κ3) is 2.42. The SMILES string of the molecule is CC1(C)CCCC1Nc1cccc(Cl)c1-n1cccn1. The lowest BCUT2D eigenvalue weighted by Gasteiger charge is -2.29. The fourth-order valence-electron chi connectivity index (χ4n) is 3.05. The van der Waals surface area contributed by atoms with Gasteiger partial charge in [0.2, 0.25) is 0 Å². The summed E-state index contributed by atoms with van der Waals surface area (Å²) in [4.78, 5) is 0. The molecule has 0 saturated heterocycles. The summed E-state index contributed by atoms with van der Waals surface area (Å²) in [6.45, 7) is 4.66. The maximum absolute atomic E-state index is 6.38.